The highest BCUT2D eigenvalue weighted by atomic mass is 15.4. The van der Waals surface area contributed by atoms with Gasteiger partial charge in [-0.15, -0.1) is 5.10 Å². The minimum atomic E-state index is 0.797. The third kappa shape index (κ3) is 1.29. The van der Waals surface area contributed by atoms with Crippen molar-refractivity contribution in [2.75, 3.05) is 5.43 Å². The van der Waals surface area contributed by atoms with Gasteiger partial charge in [0, 0.05) is 17.6 Å². The van der Waals surface area contributed by atoms with E-state index in [-0.39, 0.29) is 0 Å². The van der Waals surface area contributed by atoms with Crippen LogP contribution in [0.2, 0.25) is 0 Å². The number of anilines is 1. The van der Waals surface area contributed by atoms with E-state index in [1.54, 1.807) is 6.21 Å². The van der Waals surface area contributed by atoms with Gasteiger partial charge in [0.2, 0.25) is 0 Å². The van der Waals surface area contributed by atoms with Gasteiger partial charge in [0.15, 0.2) is 0 Å². The Kier molecular flexibility index (Phi) is 1.74. The average molecular weight is 236 g/mol. The Morgan fingerprint density at radius 2 is 2.17 bits per heavy atom. The van der Waals surface area contributed by atoms with Crippen LogP contribution in [0.25, 0.3) is 6.20 Å². The standard InChI is InChI=1S/C12H8N6/c1-2-9-12(6-15-17-9)16-8(1)7-3-10-11(13-4-7)5-14-18-10/h1-6,14,18H. The number of hydrogen-bond acceptors (Lipinski definition) is 6. The molecule has 0 saturated carbocycles. The molecule has 6 heteroatoms. The average Bonchev–Trinajstić information content (AvgIpc) is 3.05. The first kappa shape index (κ1) is 9.29. The Hall–Kier alpha value is -2.76. The summed E-state index contributed by atoms with van der Waals surface area (Å²) in [5, 5.41) is 11.3. The van der Waals surface area contributed by atoms with E-state index in [9.17, 15) is 0 Å². The largest absolute Gasteiger partial charge is 0.306 e. The molecule has 0 radical (unpaired) electrons. The maximum Gasteiger partial charge on any atom is 0.113 e. The van der Waals surface area contributed by atoms with Crippen LogP contribution in [0.5, 0.6) is 0 Å². The van der Waals surface area contributed by atoms with Gasteiger partial charge in [-0.1, -0.05) is 0 Å². The second-order valence-electron chi connectivity index (χ2n) is 4.02. The zero-order valence-electron chi connectivity index (χ0n) is 9.25. The van der Waals surface area contributed by atoms with E-state index in [2.05, 4.69) is 31.0 Å². The van der Waals surface area contributed by atoms with Crippen molar-refractivity contribution in [3.05, 3.63) is 51.4 Å². The van der Waals surface area contributed by atoms with Crippen molar-refractivity contribution < 1.29 is 0 Å². The first-order valence-electron chi connectivity index (χ1n) is 5.50. The monoisotopic (exact) mass is 236 g/mol. The van der Waals surface area contributed by atoms with Crippen LogP contribution in [0.1, 0.15) is 5.69 Å². The van der Waals surface area contributed by atoms with Gasteiger partial charge >= 0.3 is 0 Å². The Balaban J connectivity index is 2.07. The van der Waals surface area contributed by atoms with Gasteiger partial charge < -0.3 is 5.43 Å². The van der Waals surface area contributed by atoms with E-state index < -0.39 is 0 Å². The number of nitrogens with one attached hydrogen (secondary N) is 2. The van der Waals surface area contributed by atoms with Crippen LogP contribution < -0.4 is 21.6 Å². The highest BCUT2D eigenvalue weighted by Gasteiger charge is 2.03. The van der Waals surface area contributed by atoms with Crippen molar-refractivity contribution in [2.45, 2.75) is 0 Å². The lowest BCUT2D eigenvalue weighted by atomic mass is 10.3. The molecule has 0 aromatic carbocycles. The molecule has 0 saturated heterocycles. The number of hydrazine groups is 1. The fraction of sp³-hybridized carbons (Fsp3) is 0. The van der Waals surface area contributed by atoms with Crippen molar-refractivity contribution in [1.29, 1.82) is 0 Å². The van der Waals surface area contributed by atoms with Crippen molar-refractivity contribution >= 4 is 18.1 Å². The quantitative estimate of drug-likeness (QED) is 0.640. The molecular weight excluding hydrogens is 228 g/mol. The van der Waals surface area contributed by atoms with Crippen LogP contribution in [-0.2, 0) is 0 Å². The molecule has 0 spiro atoms. The third-order valence-corrected chi connectivity index (χ3v) is 2.88. The predicted octanol–water partition coefficient (Wildman–Crippen LogP) is -0.601. The zero-order chi connectivity index (χ0) is 11.9. The minimum absolute atomic E-state index is 0.797. The van der Waals surface area contributed by atoms with Gasteiger partial charge in [0.05, 0.1) is 17.3 Å². The van der Waals surface area contributed by atoms with Crippen LogP contribution in [0.3, 0.4) is 0 Å². The molecule has 0 aliphatic carbocycles. The zero-order valence-corrected chi connectivity index (χ0v) is 9.25. The molecule has 4 heterocycles. The Morgan fingerprint density at radius 1 is 1.17 bits per heavy atom. The topological polar surface area (TPSA) is 74.6 Å². The first-order valence-corrected chi connectivity index (χ1v) is 5.50. The number of rotatable bonds is 0. The van der Waals surface area contributed by atoms with Gasteiger partial charge in [-0.05, 0) is 18.2 Å². The fourth-order valence-electron chi connectivity index (χ4n) is 1.97. The minimum Gasteiger partial charge on any atom is -0.306 e. The molecule has 0 unspecified atom stereocenters. The summed E-state index contributed by atoms with van der Waals surface area (Å²) in [5.41, 5.74) is 7.68. The molecule has 6 nitrogen and oxygen atoms in total. The van der Waals surface area contributed by atoms with E-state index in [4.69, 9.17) is 0 Å². The first-order chi connectivity index (χ1) is 8.90. The summed E-state index contributed by atoms with van der Waals surface area (Å²) in [7, 11) is 0. The molecule has 2 aliphatic rings. The molecule has 2 aromatic rings. The number of nitrogens with zero attached hydrogens (tertiary/aromatic N) is 4. The molecule has 0 bridgehead atoms. The van der Waals surface area contributed by atoms with E-state index in [0.29, 0.717) is 0 Å². The summed E-state index contributed by atoms with van der Waals surface area (Å²) in [4.78, 5) is 8.86. The summed E-state index contributed by atoms with van der Waals surface area (Å²) in [6.07, 6.45) is 5.29. The van der Waals surface area contributed by atoms with E-state index in [1.807, 2.05) is 30.6 Å². The van der Waals surface area contributed by atoms with Crippen LogP contribution in [0.15, 0.2) is 34.6 Å². The molecule has 86 valence electrons. The highest BCUT2D eigenvalue weighted by Crippen LogP contribution is 2.02. The summed E-state index contributed by atoms with van der Waals surface area (Å²) < 4.78 is 0. The second kappa shape index (κ2) is 3.36. The molecule has 18 heavy (non-hydrogen) atoms. The fourth-order valence-corrected chi connectivity index (χ4v) is 1.97. The summed E-state index contributed by atoms with van der Waals surface area (Å²) in [6.45, 7) is 0. The van der Waals surface area contributed by atoms with Crippen molar-refractivity contribution in [1.82, 2.24) is 15.4 Å². The molecule has 2 N–H and O–H groups in total. The number of fused-ring (bicyclic) bond motifs is 2. The maximum absolute atomic E-state index is 4.51. The van der Waals surface area contributed by atoms with Crippen LogP contribution in [-0.4, -0.2) is 16.2 Å². The van der Waals surface area contributed by atoms with Crippen molar-refractivity contribution in [3.8, 4) is 0 Å². The van der Waals surface area contributed by atoms with Gasteiger partial charge in [-0.3, -0.25) is 10.4 Å². The SMILES string of the molecule is C1=NN=c2ccc(=c3cnc4c(c3)NNC=4)nc21. The molecule has 0 atom stereocenters. The summed E-state index contributed by atoms with van der Waals surface area (Å²) in [6, 6.07) is 5.85. The highest BCUT2D eigenvalue weighted by molar-refractivity contribution is 5.77. The van der Waals surface area contributed by atoms with E-state index in [0.717, 1.165) is 32.7 Å². The van der Waals surface area contributed by atoms with Crippen LogP contribution in [0, 0.1) is 10.6 Å². The van der Waals surface area contributed by atoms with Gasteiger partial charge in [0.25, 0.3) is 0 Å². The Bertz CT molecular complexity index is 884. The summed E-state index contributed by atoms with van der Waals surface area (Å²) >= 11 is 0. The van der Waals surface area contributed by atoms with Gasteiger partial charge in [-0.2, -0.15) is 5.10 Å². The van der Waals surface area contributed by atoms with Crippen LogP contribution in [0.4, 0.5) is 5.69 Å². The molecule has 0 fully saturated rings. The van der Waals surface area contributed by atoms with E-state index in [1.165, 1.54) is 0 Å². The molecule has 0 amide bonds. The number of hydrogen-bond donors (Lipinski definition) is 2. The number of pyridine rings is 2. The van der Waals surface area contributed by atoms with Crippen molar-refractivity contribution in [2.24, 2.45) is 10.2 Å². The maximum atomic E-state index is 4.51. The second-order valence-corrected chi connectivity index (χ2v) is 4.02. The van der Waals surface area contributed by atoms with Crippen LogP contribution >= 0.6 is 0 Å². The van der Waals surface area contributed by atoms with Gasteiger partial charge in [0.1, 0.15) is 16.4 Å². The Morgan fingerprint density at radius 3 is 3.17 bits per heavy atom. The third-order valence-electron chi connectivity index (χ3n) is 2.88. The lowest BCUT2D eigenvalue weighted by molar-refractivity contribution is 1.12. The number of aromatic nitrogens is 2. The summed E-state index contributed by atoms with van der Waals surface area (Å²) in [5.74, 6) is 0. The molecule has 4 rings (SSSR count). The normalized spacial score (nSPS) is 16.0. The lowest BCUT2D eigenvalue weighted by Crippen LogP contribution is -2.09. The Labute approximate surface area is 101 Å². The predicted molar refractivity (Wildman–Crippen MR) is 65.7 cm³/mol. The lowest BCUT2D eigenvalue weighted by Gasteiger charge is -1.96. The smallest absolute Gasteiger partial charge is 0.113 e. The molecule has 2 aromatic heterocycles. The van der Waals surface area contributed by atoms with Crippen molar-refractivity contribution in [3.63, 3.8) is 0 Å². The van der Waals surface area contributed by atoms with E-state index >= 15 is 0 Å². The van der Waals surface area contributed by atoms with Gasteiger partial charge in [-0.25, -0.2) is 4.98 Å². The molecule has 2 aliphatic heterocycles. The molecular formula is C12H8N6.